The highest BCUT2D eigenvalue weighted by Gasteiger charge is 2.60. The highest BCUT2D eigenvalue weighted by atomic mass is 16.2. The van der Waals surface area contributed by atoms with E-state index >= 15 is 0 Å². The van der Waals surface area contributed by atoms with Crippen LogP contribution in [0.3, 0.4) is 0 Å². The standard InChI is InChI=1S/C19H27N5O/c1-12(2)9-24-14(4)22-19(17(24)25)6-5-15-10-23(11-16(15)19)18-20-7-13(3)8-21-18/h7-8,12,15-16H,5-6,9-11H2,1-4H3/t15-,16+,19-/m1/s1. The number of amidine groups is 1. The Morgan fingerprint density at radius 3 is 2.64 bits per heavy atom. The van der Waals surface area contributed by atoms with Crippen LogP contribution in [0.15, 0.2) is 17.4 Å². The van der Waals surface area contributed by atoms with Crippen molar-refractivity contribution in [2.75, 3.05) is 24.5 Å². The van der Waals surface area contributed by atoms with Crippen molar-refractivity contribution in [1.82, 2.24) is 14.9 Å². The van der Waals surface area contributed by atoms with E-state index in [9.17, 15) is 4.79 Å². The maximum Gasteiger partial charge on any atom is 0.256 e. The van der Waals surface area contributed by atoms with Gasteiger partial charge >= 0.3 is 0 Å². The number of aromatic nitrogens is 2. The zero-order chi connectivity index (χ0) is 17.8. The van der Waals surface area contributed by atoms with Gasteiger partial charge in [-0.05, 0) is 44.1 Å². The van der Waals surface area contributed by atoms with Crippen molar-refractivity contribution in [2.24, 2.45) is 22.7 Å². The van der Waals surface area contributed by atoms with Crippen LogP contribution in [0.25, 0.3) is 0 Å². The molecule has 3 heterocycles. The van der Waals surface area contributed by atoms with E-state index in [0.717, 1.165) is 49.8 Å². The van der Waals surface area contributed by atoms with Gasteiger partial charge in [0, 0.05) is 37.9 Å². The third-order valence-electron chi connectivity index (χ3n) is 5.92. The van der Waals surface area contributed by atoms with Gasteiger partial charge in [-0.3, -0.25) is 14.7 Å². The number of amides is 1. The normalized spacial score (nSPS) is 31.4. The average Bonchev–Trinajstić information content (AvgIpc) is 3.19. The summed E-state index contributed by atoms with van der Waals surface area (Å²) < 4.78 is 0. The summed E-state index contributed by atoms with van der Waals surface area (Å²) in [5, 5.41) is 0. The summed E-state index contributed by atoms with van der Waals surface area (Å²) in [5.41, 5.74) is 0.526. The Morgan fingerprint density at radius 2 is 1.96 bits per heavy atom. The highest BCUT2D eigenvalue weighted by molar-refractivity contribution is 6.07. The predicted molar refractivity (Wildman–Crippen MR) is 97.6 cm³/mol. The lowest BCUT2D eigenvalue weighted by atomic mass is 9.85. The fourth-order valence-electron chi connectivity index (χ4n) is 4.77. The molecule has 1 saturated heterocycles. The van der Waals surface area contributed by atoms with Crippen LogP contribution in [0.1, 0.15) is 39.2 Å². The molecule has 134 valence electrons. The molecule has 6 nitrogen and oxygen atoms in total. The molecular formula is C19H27N5O. The Morgan fingerprint density at radius 1 is 1.24 bits per heavy atom. The summed E-state index contributed by atoms with van der Waals surface area (Å²) in [7, 11) is 0. The molecule has 1 saturated carbocycles. The minimum atomic E-state index is -0.539. The van der Waals surface area contributed by atoms with Gasteiger partial charge in [0.05, 0.1) is 0 Å². The first-order valence-corrected chi connectivity index (χ1v) is 9.33. The summed E-state index contributed by atoms with van der Waals surface area (Å²) in [6, 6.07) is 0. The zero-order valence-corrected chi connectivity index (χ0v) is 15.6. The topological polar surface area (TPSA) is 61.7 Å². The van der Waals surface area contributed by atoms with Gasteiger partial charge < -0.3 is 4.90 Å². The van der Waals surface area contributed by atoms with E-state index in [1.165, 1.54) is 0 Å². The monoisotopic (exact) mass is 341 g/mol. The number of fused-ring (bicyclic) bond motifs is 2. The molecule has 3 atom stereocenters. The number of nitrogens with zero attached hydrogens (tertiary/aromatic N) is 5. The Labute approximate surface area is 149 Å². The second kappa shape index (κ2) is 5.78. The van der Waals surface area contributed by atoms with Crippen molar-refractivity contribution >= 4 is 17.7 Å². The predicted octanol–water partition coefficient (Wildman–Crippen LogP) is 2.29. The molecule has 1 aliphatic carbocycles. The van der Waals surface area contributed by atoms with E-state index in [4.69, 9.17) is 4.99 Å². The molecule has 4 rings (SSSR count). The van der Waals surface area contributed by atoms with Crippen molar-refractivity contribution in [2.45, 2.75) is 46.1 Å². The molecule has 1 aromatic heterocycles. The van der Waals surface area contributed by atoms with E-state index < -0.39 is 5.54 Å². The summed E-state index contributed by atoms with van der Waals surface area (Å²) in [5.74, 6) is 3.12. The third kappa shape index (κ3) is 2.53. The minimum Gasteiger partial charge on any atom is -0.340 e. The van der Waals surface area contributed by atoms with Crippen molar-refractivity contribution in [1.29, 1.82) is 0 Å². The number of rotatable bonds is 3. The van der Waals surface area contributed by atoms with Crippen LogP contribution in [-0.4, -0.2) is 51.8 Å². The first-order chi connectivity index (χ1) is 11.9. The quantitative estimate of drug-likeness (QED) is 0.846. The molecule has 0 bridgehead atoms. The second-order valence-corrected chi connectivity index (χ2v) is 8.26. The van der Waals surface area contributed by atoms with E-state index in [1.807, 2.05) is 31.1 Å². The Hall–Kier alpha value is -1.98. The van der Waals surface area contributed by atoms with Crippen LogP contribution < -0.4 is 4.90 Å². The summed E-state index contributed by atoms with van der Waals surface area (Å²) in [4.78, 5) is 31.3. The molecular weight excluding hydrogens is 314 g/mol. The van der Waals surface area contributed by atoms with E-state index in [1.54, 1.807) is 0 Å². The summed E-state index contributed by atoms with van der Waals surface area (Å²) in [6.45, 7) is 10.8. The van der Waals surface area contributed by atoms with Crippen LogP contribution in [0.4, 0.5) is 5.95 Å². The van der Waals surface area contributed by atoms with E-state index in [0.29, 0.717) is 11.8 Å². The largest absolute Gasteiger partial charge is 0.340 e. The van der Waals surface area contributed by atoms with Crippen LogP contribution in [0.2, 0.25) is 0 Å². The lowest BCUT2D eigenvalue weighted by Crippen LogP contribution is -2.47. The molecule has 1 amide bonds. The lowest BCUT2D eigenvalue weighted by Gasteiger charge is -2.28. The molecule has 0 aromatic carbocycles. The minimum absolute atomic E-state index is 0.220. The van der Waals surface area contributed by atoms with Gasteiger partial charge in [-0.1, -0.05) is 13.8 Å². The first-order valence-electron chi connectivity index (χ1n) is 9.33. The average molecular weight is 341 g/mol. The number of aliphatic imine (C=N–C) groups is 1. The van der Waals surface area contributed by atoms with Crippen LogP contribution in [-0.2, 0) is 4.79 Å². The zero-order valence-electron chi connectivity index (χ0n) is 15.6. The Balaban J connectivity index is 1.58. The molecule has 0 unspecified atom stereocenters. The van der Waals surface area contributed by atoms with Crippen molar-refractivity contribution in [3.63, 3.8) is 0 Å². The molecule has 2 aliphatic heterocycles. The fraction of sp³-hybridized carbons (Fsp3) is 0.684. The summed E-state index contributed by atoms with van der Waals surface area (Å²) in [6.07, 6.45) is 5.67. The SMILES string of the molecule is CC1=N[C@@]2(CC[C@@H]3CN(c4ncc(C)cn4)C[C@@H]32)C(=O)N1CC(C)C. The van der Waals surface area contributed by atoms with Gasteiger partial charge in [0.15, 0.2) is 0 Å². The van der Waals surface area contributed by atoms with Crippen LogP contribution in [0.5, 0.6) is 0 Å². The summed E-state index contributed by atoms with van der Waals surface area (Å²) >= 11 is 0. The van der Waals surface area contributed by atoms with E-state index in [2.05, 4.69) is 28.7 Å². The number of hydrogen-bond acceptors (Lipinski definition) is 5. The number of anilines is 1. The molecule has 3 aliphatic rings. The lowest BCUT2D eigenvalue weighted by molar-refractivity contribution is -0.132. The highest BCUT2D eigenvalue weighted by Crippen LogP contribution is 2.50. The maximum atomic E-state index is 13.3. The van der Waals surface area contributed by atoms with Gasteiger partial charge in [0.1, 0.15) is 11.4 Å². The molecule has 2 fully saturated rings. The number of aryl methyl sites for hydroxylation is 1. The third-order valence-corrected chi connectivity index (χ3v) is 5.92. The maximum absolute atomic E-state index is 13.3. The number of carbonyl (C=O) groups excluding carboxylic acids is 1. The van der Waals surface area contributed by atoms with E-state index in [-0.39, 0.29) is 11.8 Å². The van der Waals surface area contributed by atoms with Gasteiger partial charge in [0.25, 0.3) is 5.91 Å². The van der Waals surface area contributed by atoms with Crippen LogP contribution >= 0.6 is 0 Å². The molecule has 1 aromatic rings. The van der Waals surface area contributed by atoms with Gasteiger partial charge in [-0.25, -0.2) is 9.97 Å². The Kier molecular flexibility index (Phi) is 3.81. The van der Waals surface area contributed by atoms with Crippen molar-refractivity contribution in [3.05, 3.63) is 18.0 Å². The molecule has 0 N–H and O–H groups in total. The van der Waals surface area contributed by atoms with Gasteiger partial charge in [-0.2, -0.15) is 0 Å². The second-order valence-electron chi connectivity index (χ2n) is 8.26. The van der Waals surface area contributed by atoms with Crippen LogP contribution in [0, 0.1) is 24.7 Å². The molecule has 6 heteroatoms. The van der Waals surface area contributed by atoms with Gasteiger partial charge in [0.2, 0.25) is 5.95 Å². The number of hydrogen-bond donors (Lipinski definition) is 0. The Bertz CT molecular complexity index is 713. The molecule has 25 heavy (non-hydrogen) atoms. The molecule has 1 spiro atoms. The molecule has 0 radical (unpaired) electrons. The van der Waals surface area contributed by atoms with Gasteiger partial charge in [-0.15, -0.1) is 0 Å². The van der Waals surface area contributed by atoms with Crippen molar-refractivity contribution < 1.29 is 4.79 Å². The van der Waals surface area contributed by atoms with Crippen molar-refractivity contribution in [3.8, 4) is 0 Å². The first kappa shape index (κ1) is 16.5. The number of carbonyl (C=O) groups is 1. The fourth-order valence-corrected chi connectivity index (χ4v) is 4.77. The smallest absolute Gasteiger partial charge is 0.256 e.